The van der Waals surface area contributed by atoms with Crippen LogP contribution in [0.1, 0.15) is 17.2 Å². The molecular formula is C17H17F2NO3. The van der Waals surface area contributed by atoms with Crippen LogP contribution in [0.15, 0.2) is 54.6 Å². The number of carbonyl (C=O) groups excluding carboxylic acids is 1. The molecular weight excluding hydrogens is 304 g/mol. The minimum absolute atomic E-state index is 0.0432. The van der Waals surface area contributed by atoms with Gasteiger partial charge in [0, 0.05) is 0 Å². The summed E-state index contributed by atoms with van der Waals surface area (Å²) in [7, 11) is 0. The molecule has 4 nitrogen and oxygen atoms in total. The number of ether oxygens (including phenoxy) is 1. The largest absolute Gasteiger partial charge is 0.435 e. The van der Waals surface area contributed by atoms with Crippen molar-refractivity contribution in [3.63, 3.8) is 0 Å². The zero-order chi connectivity index (χ0) is 16.7. The molecule has 2 N–H and O–H groups in total. The van der Waals surface area contributed by atoms with E-state index in [2.05, 4.69) is 10.1 Å². The van der Waals surface area contributed by atoms with Gasteiger partial charge in [-0.15, -0.1) is 0 Å². The predicted octanol–water partition coefficient (Wildman–Crippen LogP) is 2.68. The van der Waals surface area contributed by atoms with Crippen molar-refractivity contribution in [2.45, 2.75) is 19.1 Å². The quantitative estimate of drug-likeness (QED) is 0.824. The lowest BCUT2D eigenvalue weighted by atomic mass is 10.1. The summed E-state index contributed by atoms with van der Waals surface area (Å²) in [6.07, 6.45) is 0.0816. The van der Waals surface area contributed by atoms with E-state index in [9.17, 15) is 18.7 Å². The molecule has 1 amide bonds. The average Bonchev–Trinajstić information content (AvgIpc) is 2.55. The van der Waals surface area contributed by atoms with Crippen molar-refractivity contribution >= 4 is 5.91 Å². The lowest BCUT2D eigenvalue weighted by Crippen LogP contribution is -2.31. The summed E-state index contributed by atoms with van der Waals surface area (Å²) in [5.74, 6) is -0.225. The summed E-state index contributed by atoms with van der Waals surface area (Å²) in [4.78, 5) is 12.0. The van der Waals surface area contributed by atoms with Crippen LogP contribution < -0.4 is 10.1 Å². The average molecular weight is 321 g/mol. The fourth-order valence-corrected chi connectivity index (χ4v) is 2.14. The number of rotatable bonds is 7. The molecule has 0 unspecified atom stereocenters. The Hall–Kier alpha value is -2.47. The molecule has 122 valence electrons. The third-order valence-electron chi connectivity index (χ3n) is 3.23. The number of hydrogen-bond acceptors (Lipinski definition) is 3. The number of benzene rings is 2. The maximum Gasteiger partial charge on any atom is 0.387 e. The molecule has 1 atom stereocenters. The molecule has 0 aliphatic carbocycles. The van der Waals surface area contributed by atoms with Gasteiger partial charge in [0.2, 0.25) is 5.91 Å². The minimum Gasteiger partial charge on any atom is -0.435 e. The van der Waals surface area contributed by atoms with Gasteiger partial charge in [-0.1, -0.05) is 42.5 Å². The molecule has 0 radical (unpaired) electrons. The Morgan fingerprint density at radius 3 is 2.30 bits per heavy atom. The monoisotopic (exact) mass is 321 g/mol. The SMILES string of the molecule is O=C(Cc1ccc(OC(F)F)cc1)N[C@H](CO)c1ccccc1. The second-order valence-corrected chi connectivity index (χ2v) is 4.91. The number of amides is 1. The Bertz CT molecular complexity index is 617. The van der Waals surface area contributed by atoms with Crippen LogP contribution in [0.3, 0.4) is 0 Å². The zero-order valence-corrected chi connectivity index (χ0v) is 12.3. The third-order valence-corrected chi connectivity index (χ3v) is 3.23. The van der Waals surface area contributed by atoms with Gasteiger partial charge in [-0.2, -0.15) is 8.78 Å². The Labute approximate surface area is 132 Å². The number of carbonyl (C=O) groups is 1. The van der Waals surface area contributed by atoms with Gasteiger partial charge in [0.25, 0.3) is 0 Å². The second-order valence-electron chi connectivity index (χ2n) is 4.91. The molecule has 0 spiro atoms. The van der Waals surface area contributed by atoms with E-state index in [4.69, 9.17) is 0 Å². The fourth-order valence-electron chi connectivity index (χ4n) is 2.14. The lowest BCUT2D eigenvalue weighted by Gasteiger charge is -2.16. The number of nitrogens with one attached hydrogen (secondary N) is 1. The van der Waals surface area contributed by atoms with Crippen LogP contribution in [0.25, 0.3) is 0 Å². The molecule has 2 rings (SSSR count). The number of aliphatic hydroxyl groups excluding tert-OH is 1. The van der Waals surface area contributed by atoms with E-state index in [1.165, 1.54) is 12.1 Å². The summed E-state index contributed by atoms with van der Waals surface area (Å²) in [6.45, 7) is -3.09. The molecule has 0 heterocycles. The van der Waals surface area contributed by atoms with Crippen LogP contribution in [0.2, 0.25) is 0 Å². The first-order chi connectivity index (χ1) is 11.1. The van der Waals surface area contributed by atoms with Gasteiger partial charge in [0.1, 0.15) is 5.75 Å². The molecule has 0 aromatic heterocycles. The van der Waals surface area contributed by atoms with Crippen molar-refractivity contribution in [1.82, 2.24) is 5.32 Å². The molecule has 0 saturated carbocycles. The molecule has 2 aromatic rings. The highest BCUT2D eigenvalue weighted by atomic mass is 19.3. The van der Waals surface area contributed by atoms with Crippen molar-refractivity contribution in [2.24, 2.45) is 0 Å². The maximum atomic E-state index is 12.1. The lowest BCUT2D eigenvalue weighted by molar-refractivity contribution is -0.121. The normalized spacial score (nSPS) is 12.0. The Balaban J connectivity index is 1.93. The van der Waals surface area contributed by atoms with Crippen molar-refractivity contribution < 1.29 is 23.4 Å². The van der Waals surface area contributed by atoms with Gasteiger partial charge in [-0.3, -0.25) is 4.79 Å². The minimum atomic E-state index is -2.87. The number of hydrogen-bond donors (Lipinski definition) is 2. The highest BCUT2D eigenvalue weighted by Crippen LogP contribution is 2.16. The second kappa shape index (κ2) is 8.24. The van der Waals surface area contributed by atoms with E-state index in [1.54, 1.807) is 12.1 Å². The summed E-state index contributed by atoms with van der Waals surface area (Å²) in [5.41, 5.74) is 1.47. The highest BCUT2D eigenvalue weighted by molar-refractivity contribution is 5.79. The van der Waals surface area contributed by atoms with Crippen LogP contribution in [-0.2, 0) is 11.2 Å². The van der Waals surface area contributed by atoms with E-state index >= 15 is 0 Å². The van der Waals surface area contributed by atoms with Crippen molar-refractivity contribution in [2.75, 3.05) is 6.61 Å². The Kier molecular flexibility index (Phi) is 6.05. The molecule has 0 bridgehead atoms. The van der Waals surface area contributed by atoms with Crippen molar-refractivity contribution in [1.29, 1.82) is 0 Å². The first kappa shape index (κ1) is 16.9. The van der Waals surface area contributed by atoms with Crippen LogP contribution >= 0.6 is 0 Å². The van der Waals surface area contributed by atoms with Gasteiger partial charge in [-0.25, -0.2) is 0 Å². The summed E-state index contributed by atoms with van der Waals surface area (Å²) >= 11 is 0. The first-order valence-electron chi connectivity index (χ1n) is 7.07. The summed E-state index contributed by atoms with van der Waals surface area (Å²) < 4.78 is 28.4. The van der Waals surface area contributed by atoms with Crippen LogP contribution in [-0.4, -0.2) is 24.2 Å². The molecule has 2 aromatic carbocycles. The molecule has 0 aliphatic heterocycles. The Morgan fingerprint density at radius 2 is 1.74 bits per heavy atom. The van der Waals surface area contributed by atoms with Crippen LogP contribution in [0.4, 0.5) is 8.78 Å². The van der Waals surface area contributed by atoms with Crippen LogP contribution in [0, 0.1) is 0 Å². The number of alkyl halides is 2. The molecule has 6 heteroatoms. The van der Waals surface area contributed by atoms with Gasteiger partial charge in [0.15, 0.2) is 0 Å². The van der Waals surface area contributed by atoms with Gasteiger partial charge in [-0.05, 0) is 23.3 Å². The fraction of sp³-hybridized carbons (Fsp3) is 0.235. The smallest absolute Gasteiger partial charge is 0.387 e. The molecule has 23 heavy (non-hydrogen) atoms. The third kappa shape index (κ3) is 5.34. The summed E-state index contributed by atoms with van der Waals surface area (Å²) in [5, 5.41) is 12.2. The van der Waals surface area contributed by atoms with E-state index in [0.717, 1.165) is 5.56 Å². The van der Waals surface area contributed by atoms with E-state index in [1.807, 2.05) is 30.3 Å². The molecule has 0 saturated heterocycles. The van der Waals surface area contributed by atoms with Gasteiger partial charge < -0.3 is 15.2 Å². The molecule has 0 aliphatic rings. The number of halogens is 2. The Morgan fingerprint density at radius 1 is 1.09 bits per heavy atom. The highest BCUT2D eigenvalue weighted by Gasteiger charge is 2.13. The zero-order valence-electron chi connectivity index (χ0n) is 12.3. The van der Waals surface area contributed by atoms with E-state index in [0.29, 0.717) is 5.56 Å². The van der Waals surface area contributed by atoms with Gasteiger partial charge in [0.05, 0.1) is 19.1 Å². The first-order valence-corrected chi connectivity index (χ1v) is 7.07. The standard InChI is InChI=1S/C17H17F2NO3/c18-17(19)23-14-8-6-12(7-9-14)10-16(22)20-15(11-21)13-4-2-1-3-5-13/h1-9,15,17,21H,10-11H2,(H,20,22)/t15-/m1/s1. The molecule has 0 fully saturated rings. The number of aliphatic hydroxyl groups is 1. The predicted molar refractivity (Wildman–Crippen MR) is 81.2 cm³/mol. The van der Waals surface area contributed by atoms with E-state index < -0.39 is 12.7 Å². The van der Waals surface area contributed by atoms with Crippen molar-refractivity contribution in [3.8, 4) is 5.75 Å². The summed E-state index contributed by atoms with van der Waals surface area (Å²) in [6, 6.07) is 14.5. The van der Waals surface area contributed by atoms with Crippen molar-refractivity contribution in [3.05, 3.63) is 65.7 Å². The topological polar surface area (TPSA) is 58.6 Å². The van der Waals surface area contributed by atoms with Crippen LogP contribution in [0.5, 0.6) is 5.75 Å². The van der Waals surface area contributed by atoms with E-state index in [-0.39, 0.29) is 24.7 Å². The maximum absolute atomic E-state index is 12.1. The van der Waals surface area contributed by atoms with Gasteiger partial charge >= 0.3 is 6.61 Å².